The van der Waals surface area contributed by atoms with Crippen molar-refractivity contribution in [2.45, 2.75) is 33.2 Å². The van der Waals surface area contributed by atoms with Crippen molar-refractivity contribution in [1.82, 2.24) is 0 Å². The van der Waals surface area contributed by atoms with E-state index in [0.717, 1.165) is 5.69 Å². The molecule has 0 bridgehead atoms. The first-order valence-electron chi connectivity index (χ1n) is 5.11. The molecule has 1 unspecified atom stereocenters. The van der Waals surface area contributed by atoms with E-state index in [1.807, 2.05) is 39.0 Å². The first kappa shape index (κ1) is 11.6. The van der Waals surface area contributed by atoms with E-state index in [4.69, 9.17) is 5.11 Å². The molecule has 1 aromatic carbocycles. The molecule has 0 aromatic heterocycles. The van der Waals surface area contributed by atoms with E-state index in [1.54, 1.807) is 0 Å². The predicted molar refractivity (Wildman–Crippen MR) is 61.3 cm³/mol. The van der Waals surface area contributed by atoms with Crippen LogP contribution in [0.2, 0.25) is 0 Å². The van der Waals surface area contributed by atoms with Crippen molar-refractivity contribution in [3.63, 3.8) is 0 Å². The highest BCUT2D eigenvalue weighted by molar-refractivity contribution is 5.77. The summed E-state index contributed by atoms with van der Waals surface area (Å²) in [6.07, 6.45) is 0.572. The van der Waals surface area contributed by atoms with Gasteiger partial charge in [-0.2, -0.15) is 0 Å². The third kappa shape index (κ3) is 2.98. The van der Waals surface area contributed by atoms with Gasteiger partial charge in [0.2, 0.25) is 0 Å². The van der Waals surface area contributed by atoms with Gasteiger partial charge in [0.1, 0.15) is 6.04 Å². The first-order chi connectivity index (χ1) is 7.04. The van der Waals surface area contributed by atoms with Crippen LogP contribution in [-0.2, 0) is 4.79 Å². The molecule has 0 saturated heterocycles. The van der Waals surface area contributed by atoms with E-state index in [0.29, 0.717) is 6.42 Å². The molecular weight excluding hydrogens is 190 g/mol. The third-order valence-corrected chi connectivity index (χ3v) is 2.55. The monoisotopic (exact) mass is 207 g/mol. The summed E-state index contributed by atoms with van der Waals surface area (Å²) >= 11 is 0. The predicted octanol–water partition coefficient (Wildman–Crippen LogP) is 2.58. The summed E-state index contributed by atoms with van der Waals surface area (Å²) in [7, 11) is 0. The minimum Gasteiger partial charge on any atom is -0.480 e. The average Bonchev–Trinajstić information content (AvgIpc) is 2.19. The molecule has 0 amide bonds. The van der Waals surface area contributed by atoms with Crippen molar-refractivity contribution < 1.29 is 9.90 Å². The molecule has 1 rings (SSSR count). The second-order valence-corrected chi connectivity index (χ2v) is 3.74. The van der Waals surface area contributed by atoms with E-state index in [9.17, 15) is 4.79 Å². The number of carboxylic acid groups (broad SMARTS) is 1. The van der Waals surface area contributed by atoms with Crippen LogP contribution in [0.5, 0.6) is 0 Å². The lowest BCUT2D eigenvalue weighted by Gasteiger charge is -2.14. The Morgan fingerprint density at radius 1 is 1.40 bits per heavy atom. The topological polar surface area (TPSA) is 49.3 Å². The minimum absolute atomic E-state index is 0.507. The van der Waals surface area contributed by atoms with E-state index in [-0.39, 0.29) is 0 Å². The lowest BCUT2D eigenvalue weighted by molar-refractivity contribution is -0.137. The van der Waals surface area contributed by atoms with Crippen LogP contribution in [0, 0.1) is 13.8 Å². The van der Waals surface area contributed by atoms with Gasteiger partial charge in [-0.25, -0.2) is 4.79 Å². The zero-order valence-corrected chi connectivity index (χ0v) is 9.37. The quantitative estimate of drug-likeness (QED) is 0.797. The highest BCUT2D eigenvalue weighted by atomic mass is 16.4. The van der Waals surface area contributed by atoms with Gasteiger partial charge >= 0.3 is 5.97 Å². The standard InChI is InChI=1S/C12H17NO2/c1-4-11(12(14)15)13-10-6-5-8(2)9(3)7-10/h5-7,11,13H,4H2,1-3H3,(H,14,15). The summed E-state index contributed by atoms with van der Waals surface area (Å²) in [5, 5.41) is 11.9. The number of nitrogens with one attached hydrogen (secondary N) is 1. The molecule has 0 aliphatic carbocycles. The molecule has 1 aromatic rings. The van der Waals surface area contributed by atoms with Crippen LogP contribution in [0.25, 0.3) is 0 Å². The Hall–Kier alpha value is -1.51. The molecule has 2 N–H and O–H groups in total. The molecule has 0 saturated carbocycles. The molecule has 1 atom stereocenters. The fourth-order valence-corrected chi connectivity index (χ4v) is 1.37. The molecule has 0 aliphatic heterocycles. The summed E-state index contributed by atoms with van der Waals surface area (Å²) in [5.74, 6) is -0.810. The molecular formula is C12H17NO2. The normalized spacial score (nSPS) is 12.2. The van der Waals surface area contributed by atoms with E-state index < -0.39 is 12.0 Å². The maximum Gasteiger partial charge on any atom is 0.326 e. The van der Waals surface area contributed by atoms with Crippen molar-refractivity contribution in [2.75, 3.05) is 5.32 Å². The minimum atomic E-state index is -0.810. The highest BCUT2D eigenvalue weighted by Crippen LogP contribution is 2.15. The van der Waals surface area contributed by atoms with Crippen LogP contribution in [0.1, 0.15) is 24.5 Å². The number of benzene rings is 1. The Bertz CT molecular complexity index is 361. The third-order valence-electron chi connectivity index (χ3n) is 2.55. The average molecular weight is 207 g/mol. The van der Waals surface area contributed by atoms with Crippen LogP contribution in [0.4, 0.5) is 5.69 Å². The summed E-state index contributed by atoms with van der Waals surface area (Å²) in [5.41, 5.74) is 3.25. The smallest absolute Gasteiger partial charge is 0.326 e. The fraction of sp³-hybridized carbons (Fsp3) is 0.417. The second kappa shape index (κ2) is 4.82. The lowest BCUT2D eigenvalue weighted by atomic mass is 10.1. The lowest BCUT2D eigenvalue weighted by Crippen LogP contribution is -2.28. The molecule has 0 radical (unpaired) electrons. The maximum absolute atomic E-state index is 10.8. The Kier molecular flexibility index (Phi) is 3.72. The van der Waals surface area contributed by atoms with Gasteiger partial charge in [-0.15, -0.1) is 0 Å². The van der Waals surface area contributed by atoms with E-state index >= 15 is 0 Å². The van der Waals surface area contributed by atoms with Gasteiger partial charge in [-0.05, 0) is 43.5 Å². The van der Waals surface area contributed by atoms with E-state index in [1.165, 1.54) is 11.1 Å². The summed E-state index contributed by atoms with van der Waals surface area (Å²) < 4.78 is 0. The number of rotatable bonds is 4. The fourth-order valence-electron chi connectivity index (χ4n) is 1.37. The molecule has 0 fully saturated rings. The summed E-state index contributed by atoms with van der Waals surface area (Å²) in [6, 6.07) is 5.37. The number of hydrogen-bond donors (Lipinski definition) is 2. The Morgan fingerprint density at radius 3 is 2.53 bits per heavy atom. The molecule has 15 heavy (non-hydrogen) atoms. The van der Waals surface area contributed by atoms with Crippen molar-refractivity contribution in [1.29, 1.82) is 0 Å². The van der Waals surface area contributed by atoms with Crippen molar-refractivity contribution in [2.24, 2.45) is 0 Å². The summed E-state index contributed by atoms with van der Waals surface area (Å²) in [6.45, 7) is 5.91. The largest absolute Gasteiger partial charge is 0.480 e. The number of aryl methyl sites for hydroxylation is 2. The van der Waals surface area contributed by atoms with E-state index in [2.05, 4.69) is 5.32 Å². The molecule has 3 heteroatoms. The summed E-state index contributed by atoms with van der Waals surface area (Å²) in [4.78, 5) is 10.8. The van der Waals surface area contributed by atoms with Gasteiger partial charge in [0.05, 0.1) is 0 Å². The SMILES string of the molecule is CCC(Nc1ccc(C)c(C)c1)C(=O)O. The van der Waals surface area contributed by atoms with Gasteiger partial charge in [0.25, 0.3) is 0 Å². The van der Waals surface area contributed by atoms with Gasteiger partial charge in [0, 0.05) is 5.69 Å². The van der Waals surface area contributed by atoms with Crippen molar-refractivity contribution in [3.05, 3.63) is 29.3 Å². The van der Waals surface area contributed by atoms with Gasteiger partial charge < -0.3 is 10.4 Å². The van der Waals surface area contributed by atoms with Gasteiger partial charge in [0.15, 0.2) is 0 Å². The van der Waals surface area contributed by atoms with Crippen molar-refractivity contribution >= 4 is 11.7 Å². The number of anilines is 1. The molecule has 3 nitrogen and oxygen atoms in total. The number of carbonyl (C=O) groups is 1. The molecule has 82 valence electrons. The van der Waals surface area contributed by atoms with Crippen LogP contribution >= 0.6 is 0 Å². The number of aliphatic carboxylic acids is 1. The first-order valence-corrected chi connectivity index (χ1v) is 5.11. The van der Waals surface area contributed by atoms with Crippen LogP contribution in [0.3, 0.4) is 0 Å². The van der Waals surface area contributed by atoms with Crippen LogP contribution < -0.4 is 5.32 Å². The number of carboxylic acids is 1. The maximum atomic E-state index is 10.8. The Labute approximate surface area is 90.1 Å². The van der Waals surface area contributed by atoms with Crippen LogP contribution in [0.15, 0.2) is 18.2 Å². The number of hydrogen-bond acceptors (Lipinski definition) is 2. The molecule has 0 spiro atoms. The zero-order chi connectivity index (χ0) is 11.4. The van der Waals surface area contributed by atoms with Gasteiger partial charge in [-0.3, -0.25) is 0 Å². The molecule has 0 aliphatic rings. The van der Waals surface area contributed by atoms with Gasteiger partial charge in [-0.1, -0.05) is 13.0 Å². The zero-order valence-electron chi connectivity index (χ0n) is 9.37. The van der Waals surface area contributed by atoms with Crippen molar-refractivity contribution in [3.8, 4) is 0 Å². The Balaban J connectivity index is 2.80. The Morgan fingerprint density at radius 2 is 2.07 bits per heavy atom. The second-order valence-electron chi connectivity index (χ2n) is 3.74. The van der Waals surface area contributed by atoms with Crippen LogP contribution in [-0.4, -0.2) is 17.1 Å². The highest BCUT2D eigenvalue weighted by Gasteiger charge is 2.14. The molecule has 0 heterocycles.